The van der Waals surface area contributed by atoms with Crippen LogP contribution in [0.3, 0.4) is 0 Å². The van der Waals surface area contributed by atoms with Gasteiger partial charge >= 0.3 is 13.1 Å². The van der Waals surface area contributed by atoms with Crippen molar-refractivity contribution in [3.05, 3.63) is 0 Å². The molecule has 6 rings (SSSR count). The molecule has 3 atom stereocenters. The highest BCUT2D eigenvalue weighted by Gasteiger charge is 2.75. The lowest BCUT2D eigenvalue weighted by atomic mass is 9.23. The predicted molar refractivity (Wildman–Crippen MR) is 109 cm³/mol. The molecule has 3 aliphatic carbocycles. The molecule has 0 aromatic rings. The first-order chi connectivity index (χ1) is 12.6. The highest BCUT2D eigenvalue weighted by Crippen LogP contribution is 2.82. The molecule has 6 fully saturated rings. The van der Waals surface area contributed by atoms with Crippen LogP contribution in [-0.2, 0) is 9.31 Å². The van der Waals surface area contributed by atoms with Gasteiger partial charge in [-0.1, -0.05) is 12.8 Å². The summed E-state index contributed by atoms with van der Waals surface area (Å²) in [5.41, 5.74) is 0.168. The van der Waals surface area contributed by atoms with Gasteiger partial charge in [-0.15, -0.1) is 0 Å². The molecule has 7 heteroatoms. The van der Waals surface area contributed by atoms with E-state index < -0.39 is 0 Å². The van der Waals surface area contributed by atoms with Crippen molar-refractivity contribution < 1.29 is 14.1 Å². The van der Waals surface area contributed by atoms with E-state index in [9.17, 15) is 4.79 Å². The van der Waals surface area contributed by atoms with Crippen LogP contribution in [0, 0.1) is 5.41 Å². The molecule has 3 saturated carbocycles. The molecular formula is C20H33BN2O3S. The molecular weight excluding hydrogens is 359 g/mol. The average Bonchev–Trinajstić information content (AvgIpc) is 3.08. The molecule has 0 unspecified atom stereocenters. The van der Waals surface area contributed by atoms with E-state index >= 15 is 0 Å². The Balaban J connectivity index is 1.05. The van der Waals surface area contributed by atoms with Crippen molar-refractivity contribution >= 4 is 24.9 Å². The Bertz CT molecular complexity index is 619. The van der Waals surface area contributed by atoms with Gasteiger partial charge in [-0.25, -0.2) is 4.79 Å². The lowest BCUT2D eigenvalue weighted by Crippen LogP contribution is -2.63. The van der Waals surface area contributed by atoms with Crippen LogP contribution in [-0.4, -0.2) is 47.4 Å². The summed E-state index contributed by atoms with van der Waals surface area (Å²) in [4.78, 5) is 11.5. The van der Waals surface area contributed by atoms with Crippen LogP contribution >= 0.6 is 11.8 Å². The molecule has 0 spiro atoms. The zero-order valence-electron chi connectivity index (χ0n) is 17.1. The summed E-state index contributed by atoms with van der Waals surface area (Å²) >= 11 is 2.03. The van der Waals surface area contributed by atoms with Crippen LogP contribution in [0.15, 0.2) is 0 Å². The third kappa shape index (κ3) is 2.78. The van der Waals surface area contributed by atoms with Gasteiger partial charge in [0.15, 0.2) is 0 Å². The number of carbonyl (C=O) groups is 1. The number of hydrogen-bond acceptors (Lipinski definition) is 4. The lowest BCUT2D eigenvalue weighted by molar-refractivity contribution is -0.117. The standard InChI is InChI=1S/C20H33BN2O3S/c1-17(2)18(3,4)26-21(25-17)20-10-19(11-20,12-20)8-6-5-7-14-15-13(9-27-14)22-16(24)23-15/h13-15H,5-12H2,1-4H3,(H2,22,23,24)/t13-,14-,15-,19?,20?/m0/s1. The minimum Gasteiger partial charge on any atom is -0.403 e. The van der Waals surface area contributed by atoms with Crippen molar-refractivity contribution in [1.29, 1.82) is 0 Å². The first-order valence-electron chi connectivity index (χ1n) is 10.7. The summed E-state index contributed by atoms with van der Waals surface area (Å²) in [5, 5.41) is 7.04. The van der Waals surface area contributed by atoms with E-state index in [-0.39, 0.29) is 24.4 Å². The van der Waals surface area contributed by atoms with Crippen molar-refractivity contribution in [2.75, 3.05) is 5.75 Å². The van der Waals surface area contributed by atoms with Gasteiger partial charge in [0, 0.05) is 16.3 Å². The van der Waals surface area contributed by atoms with E-state index in [4.69, 9.17) is 9.31 Å². The van der Waals surface area contributed by atoms with Gasteiger partial charge in [0.2, 0.25) is 0 Å². The number of fused-ring (bicyclic) bond motifs is 1. The van der Waals surface area contributed by atoms with Crippen molar-refractivity contribution in [3.63, 3.8) is 0 Å². The van der Waals surface area contributed by atoms with Gasteiger partial charge in [-0.3, -0.25) is 0 Å². The summed E-state index contributed by atoms with van der Waals surface area (Å²) in [6, 6.07) is 0.728. The minimum absolute atomic E-state index is 0.00493. The Morgan fingerprint density at radius 1 is 1.07 bits per heavy atom. The second-order valence-corrected chi connectivity index (χ2v) is 12.1. The number of amides is 2. The van der Waals surface area contributed by atoms with Crippen LogP contribution in [0.2, 0.25) is 5.31 Å². The SMILES string of the molecule is CC1(C)OB(C23CC(CCCC[C@@H]4SC[C@@H]5NC(=O)N[C@@H]54)(C2)C3)OC1(C)C. The van der Waals surface area contributed by atoms with Gasteiger partial charge in [-0.05, 0) is 65.2 Å². The van der Waals surface area contributed by atoms with Gasteiger partial charge in [-0.2, -0.15) is 11.8 Å². The second kappa shape index (κ2) is 5.82. The number of carbonyl (C=O) groups excluding carboxylic acids is 1. The molecule has 3 heterocycles. The summed E-state index contributed by atoms with van der Waals surface area (Å²) in [6.07, 6.45) is 9.05. The van der Waals surface area contributed by atoms with Gasteiger partial charge in [0.05, 0.1) is 23.3 Å². The second-order valence-electron chi connectivity index (χ2n) is 10.8. The summed E-state index contributed by atoms with van der Waals surface area (Å²) < 4.78 is 12.7. The Kier molecular flexibility index (Phi) is 4.01. The van der Waals surface area contributed by atoms with E-state index in [1.54, 1.807) is 0 Å². The van der Waals surface area contributed by atoms with Gasteiger partial charge in [0.1, 0.15) is 0 Å². The number of unbranched alkanes of at least 4 members (excludes halogenated alkanes) is 1. The molecule has 3 aliphatic heterocycles. The Morgan fingerprint density at radius 3 is 2.41 bits per heavy atom. The zero-order chi connectivity index (χ0) is 19.1. The largest absolute Gasteiger partial charge is 0.464 e. The maximum Gasteiger partial charge on any atom is 0.464 e. The summed E-state index contributed by atoms with van der Waals surface area (Å²) in [7, 11) is -0.00493. The smallest absolute Gasteiger partial charge is 0.403 e. The molecule has 2 bridgehead atoms. The highest BCUT2D eigenvalue weighted by atomic mass is 32.2. The van der Waals surface area contributed by atoms with Gasteiger partial charge in [0.25, 0.3) is 0 Å². The number of urea groups is 1. The van der Waals surface area contributed by atoms with E-state index in [1.165, 1.54) is 44.9 Å². The highest BCUT2D eigenvalue weighted by molar-refractivity contribution is 8.00. The van der Waals surface area contributed by atoms with E-state index in [2.05, 4.69) is 38.3 Å². The first-order valence-corrected chi connectivity index (χ1v) is 11.7. The fourth-order valence-corrected chi connectivity index (χ4v) is 7.73. The number of thioether (sulfide) groups is 1. The minimum atomic E-state index is -0.207. The normalized spacial score (nSPS) is 45.7. The maximum absolute atomic E-state index is 11.5. The summed E-state index contributed by atoms with van der Waals surface area (Å²) in [6.45, 7) is 8.62. The molecule has 3 saturated heterocycles. The fraction of sp³-hybridized carbons (Fsp3) is 0.950. The molecule has 2 N–H and O–H groups in total. The maximum atomic E-state index is 11.5. The van der Waals surface area contributed by atoms with E-state index in [1.807, 2.05) is 11.8 Å². The fourth-order valence-electron chi connectivity index (χ4n) is 6.18. The van der Waals surface area contributed by atoms with Crippen molar-refractivity contribution in [3.8, 4) is 0 Å². The molecule has 0 aromatic heterocycles. The first kappa shape index (κ1) is 18.6. The Hall–Kier alpha value is -0.395. The third-order valence-corrected chi connectivity index (χ3v) is 9.83. The third-order valence-electron chi connectivity index (χ3n) is 8.32. The van der Waals surface area contributed by atoms with Crippen molar-refractivity contribution in [2.24, 2.45) is 5.41 Å². The van der Waals surface area contributed by atoms with E-state index in [0.29, 0.717) is 28.1 Å². The average molecular weight is 392 g/mol. The summed E-state index contributed by atoms with van der Waals surface area (Å²) in [5.74, 6) is 1.06. The number of hydrogen-bond donors (Lipinski definition) is 2. The van der Waals surface area contributed by atoms with Crippen molar-refractivity contribution in [2.45, 2.75) is 106 Å². The monoisotopic (exact) mass is 392 g/mol. The van der Waals surface area contributed by atoms with Crippen LogP contribution < -0.4 is 10.6 Å². The molecule has 5 nitrogen and oxygen atoms in total. The molecule has 0 radical (unpaired) electrons. The van der Waals surface area contributed by atoms with Gasteiger partial charge < -0.3 is 19.9 Å². The zero-order valence-corrected chi connectivity index (χ0v) is 17.9. The quantitative estimate of drug-likeness (QED) is 0.411. The Labute approximate surface area is 167 Å². The lowest BCUT2D eigenvalue weighted by Gasteiger charge is -2.71. The molecule has 6 aliphatic rings. The van der Waals surface area contributed by atoms with Crippen LogP contribution in [0.4, 0.5) is 4.79 Å². The van der Waals surface area contributed by atoms with Crippen LogP contribution in [0.1, 0.15) is 72.6 Å². The predicted octanol–water partition coefficient (Wildman–Crippen LogP) is 3.73. The van der Waals surface area contributed by atoms with Crippen LogP contribution in [0.5, 0.6) is 0 Å². The molecule has 27 heavy (non-hydrogen) atoms. The molecule has 150 valence electrons. The molecule has 2 amide bonds. The molecule has 0 aromatic carbocycles. The van der Waals surface area contributed by atoms with E-state index in [0.717, 1.165) is 5.75 Å². The number of rotatable bonds is 6. The topological polar surface area (TPSA) is 59.6 Å². The van der Waals surface area contributed by atoms with Crippen LogP contribution in [0.25, 0.3) is 0 Å². The Morgan fingerprint density at radius 2 is 1.74 bits per heavy atom. The number of nitrogens with one attached hydrogen (secondary N) is 2. The van der Waals surface area contributed by atoms with Crippen molar-refractivity contribution in [1.82, 2.24) is 10.6 Å².